The van der Waals surface area contributed by atoms with Crippen molar-refractivity contribution in [2.24, 2.45) is 0 Å². The molecule has 128 valence electrons. The van der Waals surface area contributed by atoms with Crippen LogP contribution in [0.5, 0.6) is 0 Å². The van der Waals surface area contributed by atoms with Gasteiger partial charge in [-0.25, -0.2) is 4.98 Å². The Balaban J connectivity index is 1.30. The molecule has 2 aromatic heterocycles. The molecular formula is C19H22N6. The van der Waals surface area contributed by atoms with E-state index in [4.69, 9.17) is 0 Å². The van der Waals surface area contributed by atoms with Crippen LogP contribution in [0.2, 0.25) is 0 Å². The van der Waals surface area contributed by atoms with E-state index in [9.17, 15) is 0 Å². The number of rotatable bonds is 4. The smallest absolute Gasteiger partial charge is 0.203 e. The van der Waals surface area contributed by atoms with Gasteiger partial charge in [-0.15, -0.1) is 10.2 Å². The molecule has 2 saturated heterocycles. The molecule has 2 aliphatic heterocycles. The predicted octanol–water partition coefficient (Wildman–Crippen LogP) is 2.73. The Morgan fingerprint density at radius 3 is 2.68 bits per heavy atom. The van der Waals surface area contributed by atoms with Crippen LogP contribution in [0.4, 0.5) is 5.82 Å². The molecule has 0 saturated carbocycles. The number of hydrogen-bond acceptors (Lipinski definition) is 5. The second kappa shape index (κ2) is 6.11. The van der Waals surface area contributed by atoms with Crippen molar-refractivity contribution in [3.05, 3.63) is 54.6 Å². The Hall–Kier alpha value is -2.47. The van der Waals surface area contributed by atoms with Crippen molar-refractivity contribution in [1.29, 1.82) is 0 Å². The molecule has 5 rings (SSSR count). The van der Waals surface area contributed by atoms with Gasteiger partial charge < -0.3 is 5.32 Å². The highest BCUT2D eigenvalue weighted by molar-refractivity contribution is 5.61. The van der Waals surface area contributed by atoms with Gasteiger partial charge in [0.2, 0.25) is 5.65 Å². The lowest BCUT2D eigenvalue weighted by atomic mass is 9.96. The van der Waals surface area contributed by atoms with Gasteiger partial charge in [-0.1, -0.05) is 30.3 Å². The van der Waals surface area contributed by atoms with Crippen molar-refractivity contribution >= 4 is 11.5 Å². The molecule has 6 heteroatoms. The third kappa shape index (κ3) is 2.76. The minimum atomic E-state index is 0.458. The molecule has 0 aliphatic carbocycles. The Labute approximate surface area is 146 Å². The number of benzene rings is 1. The first kappa shape index (κ1) is 14.8. The van der Waals surface area contributed by atoms with Gasteiger partial charge in [0, 0.05) is 37.1 Å². The maximum absolute atomic E-state index is 4.48. The summed E-state index contributed by atoms with van der Waals surface area (Å²) >= 11 is 0. The predicted molar refractivity (Wildman–Crippen MR) is 96.2 cm³/mol. The fourth-order valence-corrected chi connectivity index (χ4v) is 4.50. The van der Waals surface area contributed by atoms with E-state index in [0.717, 1.165) is 18.0 Å². The van der Waals surface area contributed by atoms with Gasteiger partial charge in [0.1, 0.15) is 6.33 Å². The molecule has 25 heavy (non-hydrogen) atoms. The van der Waals surface area contributed by atoms with Gasteiger partial charge in [-0.3, -0.25) is 9.30 Å². The Bertz CT molecular complexity index is 846. The molecule has 2 bridgehead atoms. The number of nitrogens with one attached hydrogen (secondary N) is 1. The number of fused-ring (bicyclic) bond motifs is 3. The van der Waals surface area contributed by atoms with E-state index in [2.05, 4.69) is 55.7 Å². The molecule has 0 amide bonds. The molecule has 0 radical (unpaired) electrons. The molecule has 2 atom stereocenters. The summed E-state index contributed by atoms with van der Waals surface area (Å²) in [7, 11) is 0. The zero-order chi connectivity index (χ0) is 16.6. The largest absolute Gasteiger partial charge is 0.364 e. The first-order valence-electron chi connectivity index (χ1n) is 9.07. The lowest BCUT2D eigenvalue weighted by Crippen LogP contribution is -2.46. The van der Waals surface area contributed by atoms with E-state index in [0.29, 0.717) is 18.1 Å². The minimum absolute atomic E-state index is 0.458. The zero-order valence-electron chi connectivity index (χ0n) is 14.1. The van der Waals surface area contributed by atoms with Crippen molar-refractivity contribution in [1.82, 2.24) is 24.5 Å². The van der Waals surface area contributed by atoms with Gasteiger partial charge in [-0.2, -0.15) is 0 Å². The summed E-state index contributed by atoms with van der Waals surface area (Å²) in [6.45, 7) is 1.07. The van der Waals surface area contributed by atoms with Crippen LogP contribution < -0.4 is 5.32 Å². The van der Waals surface area contributed by atoms with Crippen molar-refractivity contribution in [2.75, 3.05) is 5.32 Å². The maximum atomic E-state index is 4.48. The van der Waals surface area contributed by atoms with Crippen LogP contribution in [-0.4, -0.2) is 42.6 Å². The monoisotopic (exact) mass is 334 g/mol. The van der Waals surface area contributed by atoms with Crippen LogP contribution >= 0.6 is 0 Å². The fourth-order valence-electron chi connectivity index (χ4n) is 4.50. The summed E-state index contributed by atoms with van der Waals surface area (Å²) in [5, 5.41) is 11.8. The zero-order valence-corrected chi connectivity index (χ0v) is 14.1. The third-order valence-corrected chi connectivity index (χ3v) is 5.65. The molecule has 1 N–H and O–H groups in total. The maximum Gasteiger partial charge on any atom is 0.203 e. The Kier molecular flexibility index (Phi) is 3.63. The summed E-state index contributed by atoms with van der Waals surface area (Å²) in [6, 6.07) is 12.6. The van der Waals surface area contributed by atoms with E-state index < -0.39 is 0 Å². The van der Waals surface area contributed by atoms with Gasteiger partial charge in [0.15, 0.2) is 5.82 Å². The van der Waals surface area contributed by atoms with E-state index in [-0.39, 0.29) is 0 Å². The molecule has 6 nitrogen and oxygen atoms in total. The first-order chi connectivity index (χ1) is 12.4. The van der Waals surface area contributed by atoms with E-state index in [1.807, 2.05) is 10.6 Å². The van der Waals surface area contributed by atoms with Crippen molar-refractivity contribution in [2.45, 2.75) is 50.4 Å². The summed E-state index contributed by atoms with van der Waals surface area (Å²) in [5.74, 6) is 0.848. The van der Waals surface area contributed by atoms with Gasteiger partial charge in [0.05, 0.1) is 0 Å². The molecule has 4 heterocycles. The van der Waals surface area contributed by atoms with Crippen LogP contribution in [0.25, 0.3) is 5.65 Å². The number of anilines is 1. The number of nitrogens with zero attached hydrogens (tertiary/aromatic N) is 5. The molecule has 2 fully saturated rings. The molecule has 2 aliphatic rings. The lowest BCUT2D eigenvalue weighted by molar-refractivity contribution is 0.124. The van der Waals surface area contributed by atoms with E-state index in [1.54, 1.807) is 12.5 Å². The van der Waals surface area contributed by atoms with Gasteiger partial charge in [0.25, 0.3) is 0 Å². The van der Waals surface area contributed by atoms with Crippen LogP contribution in [0, 0.1) is 0 Å². The Morgan fingerprint density at radius 2 is 1.88 bits per heavy atom. The lowest BCUT2D eigenvalue weighted by Gasteiger charge is -2.39. The fraction of sp³-hybridized carbons (Fsp3) is 0.421. The average molecular weight is 334 g/mol. The van der Waals surface area contributed by atoms with E-state index >= 15 is 0 Å². The van der Waals surface area contributed by atoms with E-state index in [1.165, 1.54) is 31.2 Å². The summed E-state index contributed by atoms with van der Waals surface area (Å²) < 4.78 is 1.91. The van der Waals surface area contributed by atoms with Crippen LogP contribution in [0.1, 0.15) is 31.2 Å². The van der Waals surface area contributed by atoms with Crippen LogP contribution in [0.3, 0.4) is 0 Å². The molecule has 0 spiro atoms. The quantitative estimate of drug-likeness (QED) is 0.795. The second-order valence-corrected chi connectivity index (χ2v) is 7.19. The third-order valence-electron chi connectivity index (χ3n) is 5.65. The molecule has 2 unspecified atom stereocenters. The number of aromatic nitrogens is 4. The standard InChI is InChI=1S/C19H22N6/c1-2-4-14(5-3-1)12-25-16-6-7-17(25)11-15(10-16)22-18-19-23-21-13-24(19)9-8-20-18/h1-5,8-9,13,15-17H,6-7,10-12H2,(H,20,22). The highest BCUT2D eigenvalue weighted by atomic mass is 15.3. The topological polar surface area (TPSA) is 58.4 Å². The van der Waals surface area contributed by atoms with Gasteiger partial charge >= 0.3 is 0 Å². The summed E-state index contributed by atoms with van der Waals surface area (Å²) in [4.78, 5) is 7.19. The highest BCUT2D eigenvalue weighted by Gasteiger charge is 2.40. The molecular weight excluding hydrogens is 312 g/mol. The van der Waals surface area contributed by atoms with Crippen molar-refractivity contribution < 1.29 is 0 Å². The minimum Gasteiger partial charge on any atom is -0.364 e. The Morgan fingerprint density at radius 1 is 1.08 bits per heavy atom. The average Bonchev–Trinajstić information content (AvgIpc) is 3.20. The SMILES string of the molecule is c1ccc(CN2C3CCC2CC(Nc2nccn4cnnc24)C3)cc1. The van der Waals surface area contributed by atoms with Crippen LogP contribution in [-0.2, 0) is 6.54 Å². The highest BCUT2D eigenvalue weighted by Crippen LogP contribution is 2.37. The normalized spacial score (nSPS) is 26.2. The van der Waals surface area contributed by atoms with Crippen molar-refractivity contribution in [3.63, 3.8) is 0 Å². The summed E-state index contributed by atoms with van der Waals surface area (Å²) in [5.41, 5.74) is 2.22. The number of piperidine rings is 1. The van der Waals surface area contributed by atoms with Crippen LogP contribution in [0.15, 0.2) is 49.1 Å². The summed E-state index contributed by atoms with van der Waals surface area (Å²) in [6.07, 6.45) is 10.3. The molecule has 3 aromatic rings. The van der Waals surface area contributed by atoms with Crippen molar-refractivity contribution in [3.8, 4) is 0 Å². The second-order valence-electron chi connectivity index (χ2n) is 7.19. The number of hydrogen-bond donors (Lipinski definition) is 1. The molecule has 1 aromatic carbocycles. The van der Waals surface area contributed by atoms with Gasteiger partial charge in [-0.05, 0) is 31.2 Å². The first-order valence-corrected chi connectivity index (χ1v) is 9.07.